The van der Waals surface area contributed by atoms with E-state index in [1.807, 2.05) is 23.6 Å². The summed E-state index contributed by atoms with van der Waals surface area (Å²) in [5.41, 5.74) is 3.88. The number of amides is 1. The molecule has 4 nitrogen and oxygen atoms in total. The van der Waals surface area contributed by atoms with E-state index in [9.17, 15) is 9.18 Å². The van der Waals surface area contributed by atoms with Crippen LogP contribution in [0.1, 0.15) is 17.5 Å². The number of fused-ring (bicyclic) bond motifs is 1. The molecule has 2 heterocycles. The fourth-order valence-corrected chi connectivity index (χ4v) is 3.77. The molecule has 26 heavy (non-hydrogen) atoms. The average molecular weight is 367 g/mol. The highest BCUT2D eigenvalue weighted by Gasteiger charge is 2.19. The lowest BCUT2D eigenvalue weighted by atomic mass is 9.99. The van der Waals surface area contributed by atoms with Gasteiger partial charge in [-0.3, -0.25) is 4.79 Å². The van der Waals surface area contributed by atoms with Gasteiger partial charge in [0.25, 0.3) is 0 Å². The molecule has 0 atom stereocenters. The molecule has 6 heteroatoms. The third-order valence-electron chi connectivity index (χ3n) is 4.40. The van der Waals surface area contributed by atoms with Crippen molar-refractivity contribution in [3.05, 3.63) is 64.8 Å². The molecule has 0 bridgehead atoms. The Hall–Kier alpha value is -2.73. The van der Waals surface area contributed by atoms with Crippen LogP contribution in [0.2, 0.25) is 0 Å². The summed E-state index contributed by atoms with van der Waals surface area (Å²) in [6.45, 7) is 0.773. The van der Waals surface area contributed by atoms with Crippen LogP contribution in [0.4, 0.5) is 15.2 Å². The van der Waals surface area contributed by atoms with Gasteiger partial charge in [0.1, 0.15) is 5.82 Å². The molecule has 0 spiro atoms. The number of carbonyl (C=O) groups is 1. The van der Waals surface area contributed by atoms with Gasteiger partial charge in [0, 0.05) is 29.6 Å². The van der Waals surface area contributed by atoms with E-state index in [0.717, 1.165) is 23.7 Å². The zero-order valence-corrected chi connectivity index (χ0v) is 14.9. The minimum Gasteiger partial charge on any atom is -0.361 e. The van der Waals surface area contributed by atoms with Gasteiger partial charge < -0.3 is 10.6 Å². The Balaban J connectivity index is 1.47. The molecule has 2 aromatic carbocycles. The summed E-state index contributed by atoms with van der Waals surface area (Å²) in [6.07, 6.45) is 1.96. The molecule has 0 aliphatic carbocycles. The topological polar surface area (TPSA) is 54.0 Å². The second kappa shape index (κ2) is 7.25. The normalized spacial score (nSPS) is 13.2. The number of carbonyl (C=O) groups excluding carboxylic acids is 1. The Kier molecular flexibility index (Phi) is 4.67. The second-order valence-electron chi connectivity index (χ2n) is 6.24. The van der Waals surface area contributed by atoms with Crippen molar-refractivity contribution < 1.29 is 9.18 Å². The lowest BCUT2D eigenvalue weighted by molar-refractivity contribution is -0.116. The van der Waals surface area contributed by atoms with E-state index in [0.29, 0.717) is 29.8 Å². The van der Waals surface area contributed by atoms with E-state index in [1.165, 1.54) is 23.0 Å². The van der Waals surface area contributed by atoms with Gasteiger partial charge in [0.15, 0.2) is 5.13 Å². The third-order valence-corrected chi connectivity index (χ3v) is 5.20. The molecular weight excluding hydrogens is 349 g/mol. The molecule has 2 N–H and O–H groups in total. The number of nitrogens with zero attached hydrogens (tertiary/aromatic N) is 1. The molecule has 0 saturated heterocycles. The Morgan fingerprint density at radius 3 is 2.88 bits per heavy atom. The number of thiazole rings is 1. The first kappa shape index (κ1) is 16.7. The molecule has 0 unspecified atom stereocenters. The highest BCUT2D eigenvalue weighted by molar-refractivity contribution is 7.14. The van der Waals surface area contributed by atoms with Crippen LogP contribution in [0, 0.1) is 5.82 Å². The molecule has 1 aromatic heterocycles. The summed E-state index contributed by atoms with van der Waals surface area (Å²) in [5, 5.41) is 8.66. The van der Waals surface area contributed by atoms with Gasteiger partial charge in [-0.15, -0.1) is 11.3 Å². The average Bonchev–Trinajstić information content (AvgIpc) is 3.10. The maximum Gasteiger partial charge on any atom is 0.224 e. The lowest BCUT2D eigenvalue weighted by Crippen LogP contribution is -2.19. The number of aryl methyl sites for hydroxylation is 1. The second-order valence-corrected chi connectivity index (χ2v) is 7.10. The molecule has 1 amide bonds. The number of nitrogens with one attached hydrogen (secondary N) is 2. The standard InChI is InChI=1S/C20H18FN3OS/c21-16-11-17-14(6-7-19(25)23-17)10-15(16)18-12-26-20(24-18)22-9-8-13-4-2-1-3-5-13/h1-5,10-12H,6-9H2,(H,22,24)(H,23,25). The number of hydrogen-bond acceptors (Lipinski definition) is 4. The monoisotopic (exact) mass is 367 g/mol. The summed E-state index contributed by atoms with van der Waals surface area (Å²) in [7, 11) is 0. The van der Waals surface area contributed by atoms with Crippen LogP contribution in [0.3, 0.4) is 0 Å². The SMILES string of the molecule is O=C1CCc2cc(-c3csc(NCCc4ccccc4)n3)c(F)cc2N1. The first-order valence-electron chi connectivity index (χ1n) is 8.55. The minimum absolute atomic E-state index is 0.0665. The first-order chi connectivity index (χ1) is 12.7. The number of anilines is 2. The van der Waals surface area contributed by atoms with Gasteiger partial charge in [-0.05, 0) is 36.1 Å². The van der Waals surface area contributed by atoms with E-state index in [-0.39, 0.29) is 11.7 Å². The van der Waals surface area contributed by atoms with Gasteiger partial charge in [0.2, 0.25) is 5.91 Å². The maximum absolute atomic E-state index is 14.5. The van der Waals surface area contributed by atoms with E-state index in [1.54, 1.807) is 6.07 Å². The Labute approximate surface area is 155 Å². The van der Waals surface area contributed by atoms with Crippen LogP contribution < -0.4 is 10.6 Å². The van der Waals surface area contributed by atoms with Crippen molar-refractivity contribution >= 4 is 28.1 Å². The smallest absolute Gasteiger partial charge is 0.224 e. The summed E-state index contributed by atoms with van der Waals surface area (Å²) < 4.78 is 14.5. The highest BCUT2D eigenvalue weighted by atomic mass is 32.1. The van der Waals surface area contributed by atoms with E-state index in [4.69, 9.17) is 0 Å². The molecule has 0 radical (unpaired) electrons. The predicted octanol–water partition coefficient (Wildman–Crippen LogP) is 4.49. The van der Waals surface area contributed by atoms with Crippen LogP contribution in [0.5, 0.6) is 0 Å². The van der Waals surface area contributed by atoms with E-state index in [2.05, 4.69) is 27.8 Å². The van der Waals surface area contributed by atoms with Gasteiger partial charge in [-0.1, -0.05) is 30.3 Å². The van der Waals surface area contributed by atoms with E-state index >= 15 is 0 Å². The van der Waals surface area contributed by atoms with Crippen molar-refractivity contribution in [3.8, 4) is 11.3 Å². The number of benzene rings is 2. The van der Waals surface area contributed by atoms with Crippen LogP contribution in [-0.4, -0.2) is 17.4 Å². The van der Waals surface area contributed by atoms with Gasteiger partial charge in [-0.25, -0.2) is 9.37 Å². The molecule has 0 saturated carbocycles. The molecule has 1 aliphatic heterocycles. The van der Waals surface area contributed by atoms with Gasteiger partial charge in [0.05, 0.1) is 5.69 Å². The van der Waals surface area contributed by atoms with Crippen LogP contribution in [0.25, 0.3) is 11.3 Å². The fourth-order valence-electron chi connectivity index (χ4n) is 3.04. The minimum atomic E-state index is -0.368. The molecule has 1 aliphatic rings. The van der Waals surface area contributed by atoms with Crippen molar-refractivity contribution in [2.75, 3.05) is 17.2 Å². The van der Waals surface area contributed by atoms with Crippen LogP contribution in [-0.2, 0) is 17.6 Å². The van der Waals surface area contributed by atoms with Crippen LogP contribution >= 0.6 is 11.3 Å². The Morgan fingerprint density at radius 2 is 2.04 bits per heavy atom. The quantitative estimate of drug-likeness (QED) is 0.699. The number of aromatic nitrogens is 1. The first-order valence-corrected chi connectivity index (χ1v) is 9.43. The number of halogens is 1. The fraction of sp³-hybridized carbons (Fsp3) is 0.200. The summed E-state index contributed by atoms with van der Waals surface area (Å²) in [5.74, 6) is -0.435. The predicted molar refractivity (Wildman–Crippen MR) is 103 cm³/mol. The lowest BCUT2D eigenvalue weighted by Gasteiger charge is -2.17. The zero-order valence-electron chi connectivity index (χ0n) is 14.1. The van der Waals surface area contributed by atoms with Crippen molar-refractivity contribution in [1.29, 1.82) is 0 Å². The van der Waals surface area contributed by atoms with Gasteiger partial charge in [-0.2, -0.15) is 0 Å². The van der Waals surface area contributed by atoms with Crippen molar-refractivity contribution in [3.63, 3.8) is 0 Å². The number of hydrogen-bond donors (Lipinski definition) is 2. The maximum atomic E-state index is 14.5. The van der Waals surface area contributed by atoms with Crippen LogP contribution in [0.15, 0.2) is 47.8 Å². The Bertz CT molecular complexity index is 939. The largest absolute Gasteiger partial charge is 0.361 e. The van der Waals surface area contributed by atoms with Gasteiger partial charge >= 0.3 is 0 Å². The van der Waals surface area contributed by atoms with Crippen molar-refractivity contribution in [2.24, 2.45) is 0 Å². The molecule has 132 valence electrons. The van der Waals surface area contributed by atoms with E-state index < -0.39 is 0 Å². The molecule has 3 aromatic rings. The summed E-state index contributed by atoms with van der Waals surface area (Å²) in [6, 6.07) is 13.4. The van der Waals surface area contributed by atoms with Crippen molar-refractivity contribution in [1.82, 2.24) is 4.98 Å². The molecule has 0 fully saturated rings. The molecular formula is C20H18FN3OS. The Morgan fingerprint density at radius 1 is 1.19 bits per heavy atom. The molecule has 4 rings (SSSR count). The number of rotatable bonds is 5. The third kappa shape index (κ3) is 3.60. The summed E-state index contributed by atoms with van der Waals surface area (Å²) in [4.78, 5) is 16.0. The highest BCUT2D eigenvalue weighted by Crippen LogP contribution is 2.33. The summed E-state index contributed by atoms with van der Waals surface area (Å²) >= 11 is 1.47. The van der Waals surface area contributed by atoms with Crippen molar-refractivity contribution in [2.45, 2.75) is 19.3 Å². The zero-order chi connectivity index (χ0) is 17.9.